The van der Waals surface area contributed by atoms with Gasteiger partial charge in [-0.3, -0.25) is 4.79 Å². The van der Waals surface area contributed by atoms with Crippen LogP contribution in [-0.4, -0.2) is 19.0 Å². The first-order chi connectivity index (χ1) is 6.38. The lowest BCUT2D eigenvalue weighted by atomic mass is 10.1. The van der Waals surface area contributed by atoms with Crippen LogP contribution in [0.4, 0.5) is 0 Å². The maximum Gasteiger partial charge on any atom is 0.241 e. The fourth-order valence-corrected chi connectivity index (χ4v) is 1.51. The van der Waals surface area contributed by atoms with Crippen LogP contribution in [0.5, 0.6) is 0 Å². The summed E-state index contributed by atoms with van der Waals surface area (Å²) in [7, 11) is 0. The number of benzene rings is 1. The number of rotatable bonds is 1. The second-order valence-corrected chi connectivity index (χ2v) is 3.09. The second-order valence-electron chi connectivity index (χ2n) is 3.09. The quantitative estimate of drug-likeness (QED) is 0.726. The van der Waals surface area contributed by atoms with Crippen molar-refractivity contribution in [2.24, 2.45) is 0 Å². The smallest absolute Gasteiger partial charge is 0.241 e. The number of carbonyl (C=O) groups excluding carboxylic acids is 1. The average Bonchev–Trinajstić information content (AvgIpc) is 2.20. The summed E-state index contributed by atoms with van der Waals surface area (Å²) in [6.07, 6.45) is 0. The normalized spacial score (nSPS) is 20.9. The van der Waals surface area contributed by atoms with Crippen LogP contribution >= 0.6 is 12.4 Å². The highest BCUT2D eigenvalue weighted by Crippen LogP contribution is 2.13. The van der Waals surface area contributed by atoms with Crippen molar-refractivity contribution in [2.75, 3.05) is 13.1 Å². The molecule has 1 aromatic carbocycles. The highest BCUT2D eigenvalue weighted by molar-refractivity contribution is 5.85. The monoisotopic (exact) mass is 212 g/mol. The molecule has 0 saturated carbocycles. The van der Waals surface area contributed by atoms with Crippen molar-refractivity contribution in [3.63, 3.8) is 0 Å². The molecule has 1 heterocycles. The highest BCUT2D eigenvalue weighted by atomic mass is 35.5. The molecule has 14 heavy (non-hydrogen) atoms. The Kier molecular flexibility index (Phi) is 3.92. The van der Waals surface area contributed by atoms with Crippen LogP contribution in [0.3, 0.4) is 0 Å². The van der Waals surface area contributed by atoms with Gasteiger partial charge in [0.25, 0.3) is 0 Å². The van der Waals surface area contributed by atoms with Gasteiger partial charge in [-0.15, -0.1) is 12.4 Å². The zero-order chi connectivity index (χ0) is 9.10. The summed E-state index contributed by atoms with van der Waals surface area (Å²) in [5.74, 6) is 0.0671. The molecule has 1 atom stereocenters. The Morgan fingerprint density at radius 1 is 1.14 bits per heavy atom. The molecule has 1 unspecified atom stereocenters. The molecule has 0 aliphatic carbocycles. The summed E-state index contributed by atoms with van der Waals surface area (Å²) in [6.45, 7) is 1.56. The lowest BCUT2D eigenvalue weighted by molar-refractivity contribution is -0.124. The van der Waals surface area contributed by atoms with Gasteiger partial charge in [0.15, 0.2) is 0 Å². The minimum Gasteiger partial charge on any atom is -0.353 e. The van der Waals surface area contributed by atoms with E-state index in [-0.39, 0.29) is 24.4 Å². The number of amides is 1. The summed E-state index contributed by atoms with van der Waals surface area (Å²) in [5, 5.41) is 6.00. The number of halogens is 1. The maximum absolute atomic E-state index is 11.4. The SMILES string of the molecule is Cl.O=C1NCCNC1c1ccccc1. The summed E-state index contributed by atoms with van der Waals surface area (Å²) in [6, 6.07) is 9.59. The fourth-order valence-electron chi connectivity index (χ4n) is 1.51. The summed E-state index contributed by atoms with van der Waals surface area (Å²) < 4.78 is 0. The molecule has 4 heteroatoms. The Labute approximate surface area is 89.3 Å². The van der Waals surface area contributed by atoms with E-state index in [1.165, 1.54) is 0 Å². The molecule has 1 aromatic rings. The predicted molar refractivity (Wildman–Crippen MR) is 57.4 cm³/mol. The molecule has 3 nitrogen and oxygen atoms in total. The molecule has 1 saturated heterocycles. The molecule has 1 aliphatic heterocycles. The molecule has 0 radical (unpaired) electrons. The van der Waals surface area contributed by atoms with Gasteiger partial charge < -0.3 is 10.6 Å². The summed E-state index contributed by atoms with van der Waals surface area (Å²) >= 11 is 0. The topological polar surface area (TPSA) is 41.1 Å². The lowest BCUT2D eigenvalue weighted by Crippen LogP contribution is -2.47. The van der Waals surface area contributed by atoms with Crippen LogP contribution in [0.2, 0.25) is 0 Å². The van der Waals surface area contributed by atoms with Crippen molar-refractivity contribution < 1.29 is 4.79 Å². The molecular weight excluding hydrogens is 200 g/mol. The van der Waals surface area contributed by atoms with Crippen molar-refractivity contribution in [3.05, 3.63) is 35.9 Å². The molecule has 0 aromatic heterocycles. The van der Waals surface area contributed by atoms with Gasteiger partial charge >= 0.3 is 0 Å². The Balaban J connectivity index is 0.000000980. The van der Waals surface area contributed by atoms with E-state index in [1.807, 2.05) is 30.3 Å². The van der Waals surface area contributed by atoms with Crippen molar-refractivity contribution >= 4 is 18.3 Å². The van der Waals surface area contributed by atoms with Gasteiger partial charge in [0.05, 0.1) is 0 Å². The van der Waals surface area contributed by atoms with Crippen molar-refractivity contribution in [1.82, 2.24) is 10.6 Å². The zero-order valence-electron chi connectivity index (χ0n) is 7.69. The zero-order valence-corrected chi connectivity index (χ0v) is 8.51. The van der Waals surface area contributed by atoms with Crippen molar-refractivity contribution in [1.29, 1.82) is 0 Å². The minimum absolute atomic E-state index is 0. The van der Waals surface area contributed by atoms with Crippen LogP contribution in [-0.2, 0) is 4.79 Å². The van der Waals surface area contributed by atoms with E-state index in [4.69, 9.17) is 0 Å². The molecular formula is C10H13ClN2O. The molecule has 0 bridgehead atoms. The van der Waals surface area contributed by atoms with Gasteiger partial charge in [0, 0.05) is 13.1 Å². The van der Waals surface area contributed by atoms with Gasteiger partial charge in [0.2, 0.25) is 5.91 Å². The second kappa shape index (κ2) is 4.98. The lowest BCUT2D eigenvalue weighted by Gasteiger charge is -2.23. The first-order valence-electron chi connectivity index (χ1n) is 4.44. The highest BCUT2D eigenvalue weighted by Gasteiger charge is 2.22. The molecule has 1 amide bonds. The molecule has 2 N–H and O–H groups in total. The fraction of sp³-hybridized carbons (Fsp3) is 0.300. The third kappa shape index (κ3) is 2.25. The van der Waals surface area contributed by atoms with E-state index >= 15 is 0 Å². The van der Waals surface area contributed by atoms with Gasteiger partial charge in [-0.05, 0) is 5.56 Å². The van der Waals surface area contributed by atoms with Gasteiger partial charge in [-0.1, -0.05) is 30.3 Å². The van der Waals surface area contributed by atoms with Crippen LogP contribution < -0.4 is 10.6 Å². The standard InChI is InChI=1S/C10H12N2O.ClH/c13-10-9(11-6-7-12-10)8-4-2-1-3-5-8;/h1-5,9,11H,6-7H2,(H,12,13);1H. The molecule has 1 aliphatic rings. The first kappa shape index (κ1) is 11.0. The van der Waals surface area contributed by atoms with E-state index in [2.05, 4.69) is 10.6 Å². The average molecular weight is 213 g/mol. The van der Waals surface area contributed by atoms with E-state index in [9.17, 15) is 4.79 Å². The van der Waals surface area contributed by atoms with E-state index in [0.717, 1.165) is 18.7 Å². The Morgan fingerprint density at radius 2 is 1.86 bits per heavy atom. The molecule has 2 rings (SSSR count). The number of carbonyl (C=O) groups is 1. The number of nitrogens with one attached hydrogen (secondary N) is 2. The molecule has 0 spiro atoms. The van der Waals surface area contributed by atoms with Gasteiger partial charge in [-0.25, -0.2) is 0 Å². The van der Waals surface area contributed by atoms with E-state index in [0.29, 0.717) is 0 Å². The van der Waals surface area contributed by atoms with Crippen LogP contribution in [0, 0.1) is 0 Å². The summed E-state index contributed by atoms with van der Waals surface area (Å²) in [5.41, 5.74) is 1.03. The molecule has 1 fully saturated rings. The Morgan fingerprint density at radius 3 is 2.50 bits per heavy atom. The number of hydrogen-bond donors (Lipinski definition) is 2. The van der Waals surface area contributed by atoms with E-state index < -0.39 is 0 Å². The number of piperazine rings is 1. The van der Waals surface area contributed by atoms with Crippen molar-refractivity contribution in [2.45, 2.75) is 6.04 Å². The van der Waals surface area contributed by atoms with Crippen LogP contribution in [0.1, 0.15) is 11.6 Å². The Bertz CT molecular complexity index is 302. The molecule has 76 valence electrons. The van der Waals surface area contributed by atoms with E-state index in [1.54, 1.807) is 0 Å². The third-order valence-corrected chi connectivity index (χ3v) is 2.17. The first-order valence-corrected chi connectivity index (χ1v) is 4.44. The predicted octanol–water partition coefficient (Wildman–Crippen LogP) is 0.869. The van der Waals surface area contributed by atoms with Crippen molar-refractivity contribution in [3.8, 4) is 0 Å². The summed E-state index contributed by atoms with van der Waals surface area (Å²) in [4.78, 5) is 11.4. The largest absolute Gasteiger partial charge is 0.353 e. The third-order valence-electron chi connectivity index (χ3n) is 2.17. The Hall–Kier alpha value is -1.06. The van der Waals surface area contributed by atoms with Gasteiger partial charge in [-0.2, -0.15) is 0 Å². The van der Waals surface area contributed by atoms with Crippen LogP contribution in [0.15, 0.2) is 30.3 Å². The van der Waals surface area contributed by atoms with Gasteiger partial charge in [0.1, 0.15) is 6.04 Å². The minimum atomic E-state index is -0.171. The number of hydrogen-bond acceptors (Lipinski definition) is 2. The van der Waals surface area contributed by atoms with Crippen LogP contribution in [0.25, 0.3) is 0 Å². The maximum atomic E-state index is 11.4.